The number of hydrogen-bond donors (Lipinski definition) is 0. The summed E-state index contributed by atoms with van der Waals surface area (Å²) in [4.78, 5) is 16.8. The van der Waals surface area contributed by atoms with Crippen LogP contribution in [0.1, 0.15) is 11.1 Å². The van der Waals surface area contributed by atoms with Crippen molar-refractivity contribution in [3.63, 3.8) is 0 Å². The van der Waals surface area contributed by atoms with Gasteiger partial charge in [-0.05, 0) is 48.9 Å². The molecule has 0 saturated carbocycles. The second-order valence-electron chi connectivity index (χ2n) is 6.59. The van der Waals surface area contributed by atoms with E-state index in [0.29, 0.717) is 18.8 Å². The Balaban J connectivity index is 1.62. The summed E-state index contributed by atoms with van der Waals surface area (Å²) in [7, 11) is 3.24. The number of carbonyl (C=O) groups excluding carboxylic acids is 1. The Hall–Kier alpha value is -2.95. The van der Waals surface area contributed by atoms with E-state index in [-0.39, 0.29) is 5.91 Å². The Morgan fingerprint density at radius 1 is 1.00 bits per heavy atom. The van der Waals surface area contributed by atoms with Gasteiger partial charge in [0.15, 0.2) is 0 Å². The Morgan fingerprint density at radius 2 is 1.78 bits per heavy atom. The van der Waals surface area contributed by atoms with Crippen LogP contribution < -0.4 is 14.4 Å². The van der Waals surface area contributed by atoms with E-state index in [2.05, 4.69) is 36.1 Å². The smallest absolute Gasteiger partial charge is 0.246 e. The standard InChI is InChI=1S/C22H26N2O3/c1-17-5-4-6-19(15-17)23-11-13-24(14-12-23)22(25)10-7-18-16-20(26-2)8-9-21(18)27-3/h4-10,15-16H,11-14H2,1-3H3/b10-7+. The quantitative estimate of drug-likeness (QED) is 0.761. The molecule has 0 aliphatic carbocycles. The molecule has 142 valence electrons. The van der Waals surface area contributed by atoms with E-state index >= 15 is 0 Å². The molecule has 1 aliphatic heterocycles. The fourth-order valence-corrected chi connectivity index (χ4v) is 3.25. The third-order valence-corrected chi connectivity index (χ3v) is 4.80. The first-order valence-electron chi connectivity index (χ1n) is 9.11. The van der Waals surface area contributed by atoms with Crippen molar-refractivity contribution >= 4 is 17.7 Å². The van der Waals surface area contributed by atoms with Crippen LogP contribution in [0.5, 0.6) is 11.5 Å². The van der Waals surface area contributed by atoms with Gasteiger partial charge < -0.3 is 19.3 Å². The van der Waals surface area contributed by atoms with Crippen molar-refractivity contribution in [2.45, 2.75) is 6.92 Å². The fourth-order valence-electron chi connectivity index (χ4n) is 3.25. The number of methoxy groups -OCH3 is 2. The third kappa shape index (κ3) is 4.61. The maximum absolute atomic E-state index is 12.6. The number of benzene rings is 2. The van der Waals surface area contributed by atoms with Crippen molar-refractivity contribution in [1.82, 2.24) is 4.90 Å². The van der Waals surface area contributed by atoms with Gasteiger partial charge in [-0.15, -0.1) is 0 Å². The second-order valence-corrected chi connectivity index (χ2v) is 6.59. The van der Waals surface area contributed by atoms with Crippen molar-refractivity contribution in [2.75, 3.05) is 45.3 Å². The van der Waals surface area contributed by atoms with E-state index in [4.69, 9.17) is 9.47 Å². The van der Waals surface area contributed by atoms with Crippen LogP contribution in [0.3, 0.4) is 0 Å². The highest BCUT2D eigenvalue weighted by molar-refractivity contribution is 5.92. The van der Waals surface area contributed by atoms with E-state index in [1.807, 2.05) is 23.1 Å². The zero-order valence-electron chi connectivity index (χ0n) is 16.1. The minimum Gasteiger partial charge on any atom is -0.497 e. The molecule has 2 aromatic carbocycles. The van der Waals surface area contributed by atoms with Gasteiger partial charge in [0.25, 0.3) is 0 Å². The van der Waals surface area contributed by atoms with Crippen LogP contribution in [0.4, 0.5) is 5.69 Å². The summed E-state index contributed by atoms with van der Waals surface area (Å²) in [6, 6.07) is 14.0. The van der Waals surface area contributed by atoms with E-state index in [1.54, 1.807) is 26.4 Å². The van der Waals surface area contributed by atoms with Gasteiger partial charge in [0, 0.05) is 43.5 Å². The molecule has 0 unspecified atom stereocenters. The van der Waals surface area contributed by atoms with Gasteiger partial charge >= 0.3 is 0 Å². The summed E-state index contributed by atoms with van der Waals surface area (Å²) < 4.78 is 10.6. The van der Waals surface area contributed by atoms with Gasteiger partial charge in [0.05, 0.1) is 14.2 Å². The van der Waals surface area contributed by atoms with E-state index in [0.717, 1.165) is 24.4 Å². The summed E-state index contributed by atoms with van der Waals surface area (Å²) in [6.45, 7) is 5.21. The van der Waals surface area contributed by atoms with Crippen LogP contribution >= 0.6 is 0 Å². The number of rotatable bonds is 5. The molecule has 1 amide bonds. The van der Waals surface area contributed by atoms with Crippen LogP contribution in [0.2, 0.25) is 0 Å². The first kappa shape index (κ1) is 18.8. The topological polar surface area (TPSA) is 42.0 Å². The van der Waals surface area contributed by atoms with Crippen molar-refractivity contribution in [3.8, 4) is 11.5 Å². The molecule has 1 aliphatic rings. The lowest BCUT2D eigenvalue weighted by atomic mass is 10.1. The number of nitrogens with zero attached hydrogens (tertiary/aromatic N) is 2. The molecular formula is C22H26N2O3. The molecule has 1 fully saturated rings. The number of ether oxygens (including phenoxy) is 2. The largest absolute Gasteiger partial charge is 0.497 e. The molecule has 1 saturated heterocycles. The van der Waals surface area contributed by atoms with Gasteiger partial charge in [-0.2, -0.15) is 0 Å². The van der Waals surface area contributed by atoms with E-state index < -0.39 is 0 Å². The van der Waals surface area contributed by atoms with Crippen molar-refractivity contribution < 1.29 is 14.3 Å². The van der Waals surface area contributed by atoms with Crippen molar-refractivity contribution in [2.24, 2.45) is 0 Å². The van der Waals surface area contributed by atoms with Crippen LogP contribution in [0, 0.1) is 6.92 Å². The van der Waals surface area contributed by atoms with Gasteiger partial charge in [0.1, 0.15) is 11.5 Å². The Kier molecular flexibility index (Phi) is 6.01. The van der Waals surface area contributed by atoms with Crippen LogP contribution in [-0.2, 0) is 4.79 Å². The number of aryl methyl sites for hydroxylation is 1. The number of amides is 1. The summed E-state index contributed by atoms with van der Waals surface area (Å²) >= 11 is 0. The lowest BCUT2D eigenvalue weighted by Crippen LogP contribution is -2.48. The summed E-state index contributed by atoms with van der Waals surface area (Å²) in [5, 5.41) is 0. The molecule has 0 bridgehead atoms. The van der Waals surface area contributed by atoms with E-state index in [1.165, 1.54) is 11.3 Å². The maximum Gasteiger partial charge on any atom is 0.246 e. The number of carbonyl (C=O) groups is 1. The highest BCUT2D eigenvalue weighted by Gasteiger charge is 2.20. The van der Waals surface area contributed by atoms with Crippen molar-refractivity contribution in [1.29, 1.82) is 0 Å². The first-order chi connectivity index (χ1) is 13.1. The summed E-state index contributed by atoms with van der Waals surface area (Å²) in [6.07, 6.45) is 3.40. The average Bonchev–Trinajstić information content (AvgIpc) is 2.71. The maximum atomic E-state index is 12.6. The SMILES string of the molecule is COc1ccc(OC)c(/C=C/C(=O)N2CCN(c3cccc(C)c3)CC2)c1. The molecule has 1 heterocycles. The minimum absolute atomic E-state index is 0.0174. The van der Waals surface area contributed by atoms with Gasteiger partial charge in [-0.3, -0.25) is 4.79 Å². The average molecular weight is 366 g/mol. The molecule has 0 aromatic heterocycles. The highest BCUT2D eigenvalue weighted by atomic mass is 16.5. The molecule has 27 heavy (non-hydrogen) atoms. The highest BCUT2D eigenvalue weighted by Crippen LogP contribution is 2.25. The lowest BCUT2D eigenvalue weighted by Gasteiger charge is -2.35. The Labute approximate surface area is 160 Å². The monoisotopic (exact) mass is 366 g/mol. The predicted octanol–water partition coefficient (Wildman–Crippen LogP) is 3.37. The Bertz CT molecular complexity index is 824. The molecule has 5 nitrogen and oxygen atoms in total. The number of piperazine rings is 1. The fraction of sp³-hybridized carbons (Fsp3) is 0.318. The number of anilines is 1. The second kappa shape index (κ2) is 8.62. The van der Waals surface area contributed by atoms with Crippen LogP contribution in [0.25, 0.3) is 6.08 Å². The lowest BCUT2D eigenvalue weighted by molar-refractivity contribution is -0.126. The molecule has 0 N–H and O–H groups in total. The molecule has 0 spiro atoms. The third-order valence-electron chi connectivity index (χ3n) is 4.80. The predicted molar refractivity (Wildman–Crippen MR) is 109 cm³/mol. The zero-order chi connectivity index (χ0) is 19.2. The normalized spacial score (nSPS) is 14.5. The van der Waals surface area contributed by atoms with Gasteiger partial charge in [-0.1, -0.05) is 12.1 Å². The summed E-state index contributed by atoms with van der Waals surface area (Å²) in [5.41, 5.74) is 3.29. The molecule has 3 rings (SSSR count). The van der Waals surface area contributed by atoms with Crippen LogP contribution in [0.15, 0.2) is 48.5 Å². The number of hydrogen-bond acceptors (Lipinski definition) is 4. The molecule has 0 atom stereocenters. The summed E-state index contributed by atoms with van der Waals surface area (Å²) in [5.74, 6) is 1.46. The van der Waals surface area contributed by atoms with Gasteiger partial charge in [-0.25, -0.2) is 0 Å². The molecular weight excluding hydrogens is 340 g/mol. The minimum atomic E-state index is 0.0174. The van der Waals surface area contributed by atoms with Gasteiger partial charge in [0.2, 0.25) is 5.91 Å². The zero-order valence-corrected chi connectivity index (χ0v) is 16.1. The molecule has 0 radical (unpaired) electrons. The Morgan fingerprint density at radius 3 is 2.44 bits per heavy atom. The van der Waals surface area contributed by atoms with Crippen molar-refractivity contribution in [3.05, 3.63) is 59.7 Å². The molecule has 5 heteroatoms. The first-order valence-corrected chi connectivity index (χ1v) is 9.11. The molecule has 2 aromatic rings. The van der Waals surface area contributed by atoms with Crippen LogP contribution in [-0.4, -0.2) is 51.2 Å². The van der Waals surface area contributed by atoms with E-state index in [9.17, 15) is 4.79 Å².